The van der Waals surface area contributed by atoms with Crippen LogP contribution in [0.1, 0.15) is 17.0 Å². The molecule has 0 aliphatic carbocycles. The number of aryl methyl sites for hydroxylation is 1. The maximum Gasteiger partial charge on any atom is 0.225 e. The van der Waals surface area contributed by atoms with Crippen molar-refractivity contribution in [3.63, 3.8) is 0 Å². The monoisotopic (exact) mass is 389 g/mol. The average molecular weight is 390 g/mol. The van der Waals surface area contributed by atoms with Crippen LogP contribution in [-0.4, -0.2) is 47.6 Å². The van der Waals surface area contributed by atoms with Crippen LogP contribution in [-0.2, 0) is 6.54 Å². The van der Waals surface area contributed by atoms with Gasteiger partial charge < -0.3 is 14.6 Å². The highest BCUT2D eigenvalue weighted by atomic mass is 16.3. The van der Waals surface area contributed by atoms with Crippen molar-refractivity contribution in [2.75, 3.05) is 42.9 Å². The zero-order valence-electron chi connectivity index (χ0n) is 16.8. The third kappa shape index (κ3) is 5.45. The second kappa shape index (κ2) is 9.39. The molecule has 1 aromatic carbocycles. The summed E-state index contributed by atoms with van der Waals surface area (Å²) in [6.07, 6.45) is 6.11. The Morgan fingerprint density at radius 1 is 1.03 bits per heavy atom. The predicted octanol–water partition coefficient (Wildman–Crippen LogP) is 3.83. The molecular weight excluding hydrogens is 362 g/mol. The number of rotatable bonds is 7. The summed E-state index contributed by atoms with van der Waals surface area (Å²) >= 11 is 0. The third-order valence-corrected chi connectivity index (χ3v) is 5.01. The molecule has 0 spiro atoms. The van der Waals surface area contributed by atoms with Crippen molar-refractivity contribution in [3.05, 3.63) is 77.9 Å². The van der Waals surface area contributed by atoms with Gasteiger partial charge in [0, 0.05) is 44.5 Å². The predicted molar refractivity (Wildman–Crippen MR) is 117 cm³/mol. The standard InChI is InChI=1S/C23H27N5O/c1-19-17-22(26-23(25-19)24-18-21-10-6-16-29-21)28-14-12-27(13-15-28)11-5-9-20-7-3-2-4-8-20/h2-10,16-17H,11-15,18H2,1H3,(H,24,25,26)/b9-5+. The molecule has 3 aromatic rings. The fraction of sp³-hybridized carbons (Fsp3) is 0.304. The van der Waals surface area contributed by atoms with E-state index in [0.29, 0.717) is 12.5 Å². The molecule has 2 aromatic heterocycles. The van der Waals surface area contributed by atoms with Crippen LogP contribution in [0.15, 0.2) is 65.3 Å². The first-order valence-corrected chi connectivity index (χ1v) is 10.1. The quantitative estimate of drug-likeness (QED) is 0.663. The molecule has 0 radical (unpaired) electrons. The summed E-state index contributed by atoms with van der Waals surface area (Å²) in [5, 5.41) is 3.26. The fourth-order valence-corrected chi connectivity index (χ4v) is 3.43. The first kappa shape index (κ1) is 19.2. The molecular formula is C23H27N5O. The molecule has 0 saturated carbocycles. The van der Waals surface area contributed by atoms with Crippen molar-refractivity contribution >= 4 is 17.8 Å². The normalized spacial score (nSPS) is 15.1. The van der Waals surface area contributed by atoms with Crippen LogP contribution in [0.4, 0.5) is 11.8 Å². The van der Waals surface area contributed by atoms with Gasteiger partial charge in [0.1, 0.15) is 11.6 Å². The molecule has 0 atom stereocenters. The van der Waals surface area contributed by atoms with Gasteiger partial charge in [-0.1, -0.05) is 42.5 Å². The van der Waals surface area contributed by atoms with Crippen molar-refractivity contribution in [3.8, 4) is 0 Å². The number of nitrogens with zero attached hydrogens (tertiary/aromatic N) is 4. The first-order valence-electron chi connectivity index (χ1n) is 10.1. The first-order chi connectivity index (χ1) is 14.3. The molecule has 1 saturated heterocycles. The van der Waals surface area contributed by atoms with Crippen LogP contribution in [0.5, 0.6) is 0 Å². The number of hydrogen-bond donors (Lipinski definition) is 1. The lowest BCUT2D eigenvalue weighted by atomic mass is 10.2. The highest BCUT2D eigenvalue weighted by Gasteiger charge is 2.18. The molecule has 0 amide bonds. The van der Waals surface area contributed by atoms with E-state index in [1.54, 1.807) is 6.26 Å². The van der Waals surface area contributed by atoms with Crippen LogP contribution in [0.3, 0.4) is 0 Å². The van der Waals surface area contributed by atoms with Crippen LogP contribution in [0, 0.1) is 6.92 Å². The van der Waals surface area contributed by atoms with Gasteiger partial charge in [0.05, 0.1) is 12.8 Å². The molecule has 1 aliphatic heterocycles. The Kier molecular flexibility index (Phi) is 6.22. The molecule has 6 nitrogen and oxygen atoms in total. The van der Waals surface area contributed by atoms with Gasteiger partial charge in [-0.2, -0.15) is 4.98 Å². The van der Waals surface area contributed by atoms with E-state index < -0.39 is 0 Å². The summed E-state index contributed by atoms with van der Waals surface area (Å²) in [6.45, 7) is 7.54. The second-order valence-electron chi connectivity index (χ2n) is 7.22. The Labute approximate surface area is 171 Å². The van der Waals surface area contributed by atoms with Gasteiger partial charge >= 0.3 is 0 Å². The zero-order chi connectivity index (χ0) is 19.9. The van der Waals surface area contributed by atoms with Crippen LogP contribution < -0.4 is 10.2 Å². The van der Waals surface area contributed by atoms with E-state index in [1.165, 1.54) is 5.56 Å². The lowest BCUT2D eigenvalue weighted by Crippen LogP contribution is -2.46. The number of hydrogen-bond acceptors (Lipinski definition) is 6. The molecule has 150 valence electrons. The third-order valence-electron chi connectivity index (χ3n) is 5.01. The highest BCUT2D eigenvalue weighted by molar-refractivity contribution is 5.49. The van der Waals surface area contributed by atoms with Gasteiger partial charge in [0.25, 0.3) is 0 Å². The van der Waals surface area contributed by atoms with E-state index in [9.17, 15) is 0 Å². The maximum absolute atomic E-state index is 5.36. The molecule has 29 heavy (non-hydrogen) atoms. The summed E-state index contributed by atoms with van der Waals surface area (Å²) in [6, 6.07) is 16.3. The van der Waals surface area contributed by atoms with Gasteiger partial charge in [-0.25, -0.2) is 4.98 Å². The summed E-state index contributed by atoms with van der Waals surface area (Å²) in [5.74, 6) is 2.50. The van der Waals surface area contributed by atoms with E-state index in [-0.39, 0.29) is 0 Å². The number of benzene rings is 1. The summed E-state index contributed by atoms with van der Waals surface area (Å²) in [5.41, 5.74) is 2.21. The Hall–Kier alpha value is -3.12. The minimum Gasteiger partial charge on any atom is -0.467 e. The molecule has 0 unspecified atom stereocenters. The van der Waals surface area contributed by atoms with Gasteiger partial charge in [-0.05, 0) is 24.6 Å². The Morgan fingerprint density at radius 3 is 2.62 bits per heavy atom. The lowest BCUT2D eigenvalue weighted by molar-refractivity contribution is 0.283. The van der Waals surface area contributed by atoms with E-state index in [1.807, 2.05) is 25.1 Å². The van der Waals surface area contributed by atoms with E-state index in [2.05, 4.69) is 62.6 Å². The van der Waals surface area contributed by atoms with Crippen molar-refractivity contribution in [2.45, 2.75) is 13.5 Å². The van der Waals surface area contributed by atoms with Crippen LogP contribution >= 0.6 is 0 Å². The number of furan rings is 1. The van der Waals surface area contributed by atoms with Gasteiger partial charge in [-0.3, -0.25) is 4.90 Å². The lowest BCUT2D eigenvalue weighted by Gasteiger charge is -2.35. The fourth-order valence-electron chi connectivity index (χ4n) is 3.43. The molecule has 1 aliphatic rings. The zero-order valence-corrected chi connectivity index (χ0v) is 16.8. The SMILES string of the molecule is Cc1cc(N2CCN(C/C=C/c3ccccc3)CC2)nc(NCc2ccco2)n1. The average Bonchev–Trinajstić information content (AvgIpc) is 3.27. The van der Waals surface area contributed by atoms with Gasteiger partial charge in [0.2, 0.25) is 5.95 Å². The smallest absolute Gasteiger partial charge is 0.225 e. The molecule has 6 heteroatoms. The topological polar surface area (TPSA) is 57.4 Å². The minimum absolute atomic E-state index is 0.581. The molecule has 3 heterocycles. The van der Waals surface area contributed by atoms with E-state index in [4.69, 9.17) is 9.40 Å². The number of anilines is 2. The largest absolute Gasteiger partial charge is 0.467 e. The van der Waals surface area contributed by atoms with Crippen molar-refractivity contribution in [1.82, 2.24) is 14.9 Å². The number of nitrogens with one attached hydrogen (secondary N) is 1. The van der Waals surface area contributed by atoms with Crippen molar-refractivity contribution < 1.29 is 4.42 Å². The minimum atomic E-state index is 0.581. The van der Waals surface area contributed by atoms with Gasteiger partial charge in [-0.15, -0.1) is 0 Å². The van der Waals surface area contributed by atoms with Crippen LogP contribution in [0.25, 0.3) is 6.08 Å². The van der Waals surface area contributed by atoms with E-state index in [0.717, 1.165) is 50.0 Å². The number of aromatic nitrogens is 2. The molecule has 1 fully saturated rings. The van der Waals surface area contributed by atoms with E-state index >= 15 is 0 Å². The van der Waals surface area contributed by atoms with Gasteiger partial charge in [0.15, 0.2) is 0 Å². The van der Waals surface area contributed by atoms with Crippen molar-refractivity contribution in [2.24, 2.45) is 0 Å². The molecule has 4 rings (SSSR count). The molecule has 0 bridgehead atoms. The summed E-state index contributed by atoms with van der Waals surface area (Å²) in [4.78, 5) is 14.0. The molecule has 1 N–H and O–H groups in total. The summed E-state index contributed by atoms with van der Waals surface area (Å²) < 4.78 is 5.36. The Morgan fingerprint density at radius 2 is 1.86 bits per heavy atom. The Balaban J connectivity index is 1.30. The maximum atomic E-state index is 5.36. The summed E-state index contributed by atoms with van der Waals surface area (Å²) in [7, 11) is 0. The highest BCUT2D eigenvalue weighted by Crippen LogP contribution is 2.17. The number of piperazine rings is 1. The second-order valence-corrected chi connectivity index (χ2v) is 7.22. The Bertz CT molecular complexity index is 916. The van der Waals surface area contributed by atoms with Crippen LogP contribution in [0.2, 0.25) is 0 Å². The van der Waals surface area contributed by atoms with Crippen molar-refractivity contribution in [1.29, 1.82) is 0 Å².